The van der Waals surface area contributed by atoms with Gasteiger partial charge in [0.2, 0.25) is 0 Å². The molecule has 2 aromatic heterocycles. The van der Waals surface area contributed by atoms with Gasteiger partial charge in [-0.3, -0.25) is 14.8 Å². The minimum atomic E-state index is -0.803. The molecule has 3 rings (SSSR count). The summed E-state index contributed by atoms with van der Waals surface area (Å²) in [6, 6.07) is 10.9. The number of aliphatic carboxylic acids is 1. The highest BCUT2D eigenvalue weighted by Crippen LogP contribution is 2.18. The molecule has 0 unspecified atom stereocenters. The van der Waals surface area contributed by atoms with Crippen LogP contribution in [0.25, 0.3) is 17.1 Å². The summed E-state index contributed by atoms with van der Waals surface area (Å²) in [6.45, 7) is 0. The Balaban J connectivity index is 1.70. The van der Waals surface area contributed by atoms with Crippen LogP contribution in [-0.4, -0.2) is 36.7 Å². The van der Waals surface area contributed by atoms with Crippen LogP contribution >= 0.6 is 0 Å². The number of hydrogen-bond donors (Lipinski definition) is 3. The van der Waals surface area contributed by atoms with E-state index in [0.29, 0.717) is 29.9 Å². The molecule has 0 saturated heterocycles. The van der Waals surface area contributed by atoms with Gasteiger partial charge in [0.1, 0.15) is 12.2 Å². The first kappa shape index (κ1) is 17.3. The number of carbonyl (C=O) groups is 1. The molecule has 132 valence electrons. The van der Waals surface area contributed by atoms with Crippen LogP contribution in [0, 0.1) is 5.41 Å². The van der Waals surface area contributed by atoms with Crippen molar-refractivity contribution in [1.82, 2.24) is 19.7 Å². The molecule has 1 aromatic carbocycles. The van der Waals surface area contributed by atoms with Crippen LogP contribution in [0.15, 0.2) is 48.9 Å². The van der Waals surface area contributed by atoms with Gasteiger partial charge in [-0.15, -0.1) is 10.2 Å². The molecule has 4 N–H and O–H groups in total. The van der Waals surface area contributed by atoms with Gasteiger partial charge in [-0.1, -0.05) is 24.3 Å². The Labute approximate surface area is 149 Å². The molecule has 0 saturated carbocycles. The lowest BCUT2D eigenvalue weighted by Gasteiger charge is -2.04. The predicted molar refractivity (Wildman–Crippen MR) is 96.2 cm³/mol. The van der Waals surface area contributed by atoms with E-state index in [0.717, 1.165) is 11.3 Å². The molecule has 26 heavy (non-hydrogen) atoms. The number of aryl methyl sites for hydroxylation is 1. The highest BCUT2D eigenvalue weighted by Gasteiger charge is 2.06. The van der Waals surface area contributed by atoms with Gasteiger partial charge in [0.05, 0.1) is 11.4 Å². The molecule has 8 heteroatoms. The van der Waals surface area contributed by atoms with Gasteiger partial charge in [0, 0.05) is 23.7 Å². The van der Waals surface area contributed by atoms with Crippen LogP contribution in [0.3, 0.4) is 0 Å². The van der Waals surface area contributed by atoms with Gasteiger partial charge < -0.3 is 10.8 Å². The number of benzene rings is 1. The quantitative estimate of drug-likeness (QED) is 0.441. The second kappa shape index (κ2) is 7.56. The van der Waals surface area contributed by atoms with Crippen LogP contribution in [0.1, 0.15) is 24.1 Å². The van der Waals surface area contributed by atoms with Crippen molar-refractivity contribution in [3.8, 4) is 17.1 Å². The number of nitrogens with two attached hydrogens (primary N) is 1. The van der Waals surface area contributed by atoms with E-state index in [1.807, 2.05) is 30.5 Å². The van der Waals surface area contributed by atoms with Crippen molar-refractivity contribution in [2.75, 3.05) is 0 Å². The zero-order valence-electron chi connectivity index (χ0n) is 14.0. The van der Waals surface area contributed by atoms with E-state index in [1.54, 1.807) is 23.0 Å². The number of nitrogen functional groups attached to an aromatic ring is 1. The average molecular weight is 350 g/mol. The monoisotopic (exact) mass is 350 g/mol. The lowest BCUT2D eigenvalue weighted by Crippen LogP contribution is -2.10. The summed E-state index contributed by atoms with van der Waals surface area (Å²) >= 11 is 0. The first-order chi connectivity index (χ1) is 12.5. The Hall–Kier alpha value is -3.55. The summed E-state index contributed by atoms with van der Waals surface area (Å²) in [5.41, 5.74) is 8.52. The SMILES string of the molecule is N=C(N)c1ccc(-c2ccc(-n3cnc(CCCC(=O)O)c3)nn2)cc1. The molecule has 0 aliphatic heterocycles. The van der Waals surface area contributed by atoms with Crippen LogP contribution in [0.4, 0.5) is 0 Å². The fraction of sp³-hybridized carbons (Fsp3) is 0.167. The second-order valence-corrected chi connectivity index (χ2v) is 5.79. The molecule has 0 aliphatic carbocycles. The van der Waals surface area contributed by atoms with E-state index in [2.05, 4.69) is 15.2 Å². The number of nitrogens with one attached hydrogen (secondary N) is 1. The normalized spacial score (nSPS) is 10.6. The Morgan fingerprint density at radius 2 is 1.92 bits per heavy atom. The van der Waals surface area contributed by atoms with Crippen LogP contribution in [-0.2, 0) is 11.2 Å². The smallest absolute Gasteiger partial charge is 0.303 e. The summed E-state index contributed by atoms with van der Waals surface area (Å²) in [6.07, 6.45) is 4.75. The van der Waals surface area contributed by atoms with E-state index in [9.17, 15) is 4.79 Å². The molecule has 2 heterocycles. The number of amidine groups is 1. The number of aromatic nitrogens is 4. The maximum absolute atomic E-state index is 10.6. The first-order valence-corrected chi connectivity index (χ1v) is 8.06. The van der Waals surface area contributed by atoms with E-state index >= 15 is 0 Å². The van der Waals surface area contributed by atoms with Crippen LogP contribution < -0.4 is 5.73 Å². The van der Waals surface area contributed by atoms with Gasteiger partial charge in [0.15, 0.2) is 5.82 Å². The molecule has 0 bridgehead atoms. The second-order valence-electron chi connectivity index (χ2n) is 5.79. The van der Waals surface area contributed by atoms with Gasteiger partial charge in [-0.05, 0) is 25.0 Å². The maximum atomic E-state index is 10.6. The summed E-state index contributed by atoms with van der Waals surface area (Å²) in [4.78, 5) is 14.8. The number of hydrogen-bond acceptors (Lipinski definition) is 5. The zero-order chi connectivity index (χ0) is 18.5. The molecule has 0 fully saturated rings. The molecular weight excluding hydrogens is 332 g/mol. The fourth-order valence-corrected chi connectivity index (χ4v) is 2.48. The Bertz CT molecular complexity index is 916. The minimum Gasteiger partial charge on any atom is -0.481 e. The molecule has 0 amide bonds. The minimum absolute atomic E-state index is 0.0252. The highest BCUT2D eigenvalue weighted by atomic mass is 16.4. The van der Waals surface area contributed by atoms with Crippen LogP contribution in [0.5, 0.6) is 0 Å². The van der Waals surface area contributed by atoms with E-state index in [4.69, 9.17) is 16.2 Å². The largest absolute Gasteiger partial charge is 0.481 e. The number of nitrogens with zero attached hydrogens (tertiary/aromatic N) is 4. The number of carboxylic acid groups (broad SMARTS) is 1. The van der Waals surface area contributed by atoms with Crippen molar-refractivity contribution in [3.63, 3.8) is 0 Å². The predicted octanol–water partition coefficient (Wildman–Crippen LogP) is 2.02. The van der Waals surface area contributed by atoms with Crippen molar-refractivity contribution in [2.24, 2.45) is 5.73 Å². The third-order valence-corrected chi connectivity index (χ3v) is 3.87. The van der Waals surface area contributed by atoms with Crippen molar-refractivity contribution in [3.05, 3.63) is 60.2 Å². The summed E-state index contributed by atoms with van der Waals surface area (Å²) in [5, 5.41) is 24.5. The molecule has 0 radical (unpaired) electrons. The first-order valence-electron chi connectivity index (χ1n) is 8.06. The third kappa shape index (κ3) is 4.10. The Morgan fingerprint density at radius 1 is 1.15 bits per heavy atom. The van der Waals surface area contributed by atoms with Crippen molar-refractivity contribution in [1.29, 1.82) is 5.41 Å². The summed E-state index contributed by atoms with van der Waals surface area (Å²) in [5.74, 6) is -0.148. The van der Waals surface area contributed by atoms with Crippen molar-refractivity contribution < 1.29 is 9.90 Å². The van der Waals surface area contributed by atoms with Gasteiger partial charge in [-0.25, -0.2) is 4.98 Å². The van der Waals surface area contributed by atoms with Gasteiger partial charge in [-0.2, -0.15) is 0 Å². The molecular formula is C18H18N6O2. The standard InChI is InChI=1S/C18H18N6O2/c19-18(20)13-6-4-12(5-7-13)15-8-9-16(23-22-15)24-10-14(21-11-24)2-1-3-17(25)26/h4-11H,1-3H2,(H3,19,20)(H,25,26). The maximum Gasteiger partial charge on any atom is 0.303 e. The topological polar surface area (TPSA) is 131 Å². The van der Waals surface area contributed by atoms with Crippen LogP contribution in [0.2, 0.25) is 0 Å². The lowest BCUT2D eigenvalue weighted by molar-refractivity contribution is -0.137. The molecule has 0 spiro atoms. The summed E-state index contributed by atoms with van der Waals surface area (Å²) < 4.78 is 1.76. The molecule has 8 nitrogen and oxygen atoms in total. The van der Waals surface area contributed by atoms with E-state index < -0.39 is 5.97 Å². The molecule has 0 aliphatic rings. The molecule has 0 atom stereocenters. The average Bonchev–Trinajstić information content (AvgIpc) is 3.10. The number of carboxylic acids is 1. The summed E-state index contributed by atoms with van der Waals surface area (Å²) in [7, 11) is 0. The zero-order valence-corrected chi connectivity index (χ0v) is 14.0. The van der Waals surface area contributed by atoms with E-state index in [-0.39, 0.29) is 12.3 Å². The Kier molecular flexibility index (Phi) is 5.02. The van der Waals surface area contributed by atoms with Gasteiger partial charge in [0.25, 0.3) is 0 Å². The molecule has 3 aromatic rings. The fourth-order valence-electron chi connectivity index (χ4n) is 2.48. The number of rotatable bonds is 7. The van der Waals surface area contributed by atoms with Gasteiger partial charge >= 0.3 is 5.97 Å². The third-order valence-electron chi connectivity index (χ3n) is 3.87. The highest BCUT2D eigenvalue weighted by molar-refractivity contribution is 5.95. The lowest BCUT2D eigenvalue weighted by atomic mass is 10.1. The Morgan fingerprint density at radius 3 is 2.54 bits per heavy atom. The number of imidazole rings is 1. The van der Waals surface area contributed by atoms with Crippen molar-refractivity contribution in [2.45, 2.75) is 19.3 Å². The van der Waals surface area contributed by atoms with E-state index in [1.165, 1.54) is 0 Å². The van der Waals surface area contributed by atoms with Crippen molar-refractivity contribution >= 4 is 11.8 Å².